The summed E-state index contributed by atoms with van der Waals surface area (Å²) in [6.45, 7) is 7.21. The quantitative estimate of drug-likeness (QED) is 0.847. The van der Waals surface area contributed by atoms with Crippen molar-refractivity contribution < 1.29 is 14.3 Å². The van der Waals surface area contributed by atoms with Crippen LogP contribution in [0.5, 0.6) is 0 Å². The minimum absolute atomic E-state index is 0.0207. The van der Waals surface area contributed by atoms with E-state index < -0.39 is 0 Å². The second-order valence-corrected chi connectivity index (χ2v) is 6.54. The zero-order chi connectivity index (χ0) is 17.8. The number of nitrogens with zero attached hydrogens (tertiary/aromatic N) is 3. The van der Waals surface area contributed by atoms with E-state index in [2.05, 4.69) is 15.1 Å². The number of fused-ring (bicyclic) bond motifs is 1. The zero-order valence-electron chi connectivity index (χ0n) is 14.9. The summed E-state index contributed by atoms with van der Waals surface area (Å²) < 4.78 is 5.13. The van der Waals surface area contributed by atoms with Crippen LogP contribution in [0, 0.1) is 0 Å². The molecule has 2 aliphatic rings. The number of para-hydroxylation sites is 2. The third-order valence-corrected chi connectivity index (χ3v) is 4.96. The number of hydrogen-bond donors (Lipinski definition) is 1. The Bertz CT molecular complexity index is 629. The van der Waals surface area contributed by atoms with E-state index in [9.17, 15) is 9.59 Å². The van der Waals surface area contributed by atoms with Crippen molar-refractivity contribution in [1.29, 1.82) is 0 Å². The van der Waals surface area contributed by atoms with Crippen molar-refractivity contribution >= 4 is 23.2 Å². The lowest BCUT2D eigenvalue weighted by Gasteiger charge is -2.39. The fourth-order valence-electron chi connectivity index (χ4n) is 3.41. The minimum Gasteiger partial charge on any atom is -0.383 e. The van der Waals surface area contributed by atoms with Crippen LogP contribution >= 0.6 is 0 Å². The molecule has 0 saturated carbocycles. The van der Waals surface area contributed by atoms with Gasteiger partial charge < -0.3 is 10.1 Å². The van der Waals surface area contributed by atoms with Crippen LogP contribution in [-0.4, -0.2) is 80.6 Å². The monoisotopic (exact) mass is 346 g/mol. The molecule has 2 amide bonds. The Labute approximate surface area is 148 Å². The van der Waals surface area contributed by atoms with Crippen molar-refractivity contribution in [2.24, 2.45) is 0 Å². The van der Waals surface area contributed by atoms with Gasteiger partial charge in [0.05, 0.1) is 24.0 Å². The van der Waals surface area contributed by atoms with Crippen molar-refractivity contribution in [2.75, 3.05) is 63.2 Å². The standard InChI is InChI=1S/C18H26N4O3/c1-14(21-9-7-20(8-10-21)11-12-25-2)18(24)22-13-17(23)19-15-5-3-4-6-16(15)22/h3-6,14H,7-13H2,1-2H3,(H,19,23)/t14-/m0/s1. The number of carbonyl (C=O) groups is 2. The second-order valence-electron chi connectivity index (χ2n) is 6.54. The lowest BCUT2D eigenvalue weighted by atomic mass is 10.1. The predicted octanol–water partition coefficient (Wildman–Crippen LogP) is 0.624. The van der Waals surface area contributed by atoms with E-state index in [4.69, 9.17) is 4.74 Å². The number of hydrogen-bond acceptors (Lipinski definition) is 5. The topological polar surface area (TPSA) is 65.1 Å². The van der Waals surface area contributed by atoms with Gasteiger partial charge in [-0.3, -0.25) is 24.3 Å². The number of benzene rings is 1. The van der Waals surface area contributed by atoms with Gasteiger partial charge in [-0.2, -0.15) is 0 Å². The molecule has 136 valence electrons. The molecular weight excluding hydrogens is 320 g/mol. The van der Waals surface area contributed by atoms with E-state index in [0.29, 0.717) is 5.69 Å². The molecule has 1 aromatic rings. The fourth-order valence-corrected chi connectivity index (χ4v) is 3.41. The summed E-state index contributed by atoms with van der Waals surface area (Å²) in [5.41, 5.74) is 1.47. The molecule has 1 fully saturated rings. The van der Waals surface area contributed by atoms with E-state index in [1.807, 2.05) is 31.2 Å². The van der Waals surface area contributed by atoms with Crippen molar-refractivity contribution in [3.8, 4) is 0 Å². The van der Waals surface area contributed by atoms with Crippen LogP contribution in [0.4, 0.5) is 11.4 Å². The number of amides is 2. The molecule has 0 aliphatic carbocycles. The number of methoxy groups -OCH3 is 1. The van der Waals surface area contributed by atoms with Gasteiger partial charge in [-0.15, -0.1) is 0 Å². The molecule has 0 unspecified atom stereocenters. The zero-order valence-corrected chi connectivity index (χ0v) is 14.9. The van der Waals surface area contributed by atoms with E-state index >= 15 is 0 Å². The van der Waals surface area contributed by atoms with E-state index in [-0.39, 0.29) is 24.4 Å². The maximum atomic E-state index is 13.0. The highest BCUT2D eigenvalue weighted by Crippen LogP contribution is 2.29. The summed E-state index contributed by atoms with van der Waals surface area (Å²) >= 11 is 0. The van der Waals surface area contributed by atoms with Crippen LogP contribution in [0.25, 0.3) is 0 Å². The maximum Gasteiger partial charge on any atom is 0.244 e. The second kappa shape index (κ2) is 7.95. The molecule has 2 heterocycles. The molecule has 1 saturated heterocycles. The average molecular weight is 346 g/mol. The normalized spacial score (nSPS) is 20.1. The molecule has 0 aromatic heterocycles. The van der Waals surface area contributed by atoms with Crippen molar-refractivity contribution in [3.05, 3.63) is 24.3 Å². The number of carbonyl (C=O) groups excluding carboxylic acids is 2. The summed E-state index contributed by atoms with van der Waals surface area (Å²) in [7, 11) is 1.71. The van der Waals surface area contributed by atoms with Crippen molar-refractivity contribution in [2.45, 2.75) is 13.0 Å². The molecule has 0 bridgehead atoms. The molecule has 1 atom stereocenters. The van der Waals surface area contributed by atoms with Gasteiger partial charge in [0, 0.05) is 39.8 Å². The van der Waals surface area contributed by atoms with Gasteiger partial charge in [0.1, 0.15) is 6.54 Å². The summed E-state index contributed by atoms with van der Waals surface area (Å²) in [5.74, 6) is -0.170. The Morgan fingerprint density at radius 2 is 1.96 bits per heavy atom. The summed E-state index contributed by atoms with van der Waals surface area (Å²) in [5, 5.41) is 2.82. The molecular formula is C18H26N4O3. The Balaban J connectivity index is 1.64. The third kappa shape index (κ3) is 4.00. The first-order chi connectivity index (χ1) is 12.1. The Kier molecular flexibility index (Phi) is 5.67. The molecule has 1 aromatic carbocycles. The molecule has 3 rings (SSSR count). The number of ether oxygens (including phenoxy) is 1. The van der Waals surface area contributed by atoms with Gasteiger partial charge in [-0.1, -0.05) is 12.1 Å². The molecule has 2 aliphatic heterocycles. The Hall–Kier alpha value is -1.96. The van der Waals surface area contributed by atoms with E-state index in [1.165, 1.54) is 0 Å². The number of piperazine rings is 1. The highest BCUT2D eigenvalue weighted by atomic mass is 16.5. The summed E-state index contributed by atoms with van der Waals surface area (Å²) in [6.07, 6.45) is 0. The van der Waals surface area contributed by atoms with Gasteiger partial charge in [-0.05, 0) is 19.1 Å². The van der Waals surface area contributed by atoms with Crippen molar-refractivity contribution in [1.82, 2.24) is 9.80 Å². The van der Waals surface area contributed by atoms with E-state index in [1.54, 1.807) is 12.0 Å². The van der Waals surface area contributed by atoms with Crippen LogP contribution in [0.15, 0.2) is 24.3 Å². The third-order valence-electron chi connectivity index (χ3n) is 4.96. The molecule has 7 nitrogen and oxygen atoms in total. The van der Waals surface area contributed by atoms with Gasteiger partial charge in [0.25, 0.3) is 0 Å². The summed E-state index contributed by atoms with van der Waals surface area (Å²) in [4.78, 5) is 31.1. The van der Waals surface area contributed by atoms with Crippen molar-refractivity contribution in [3.63, 3.8) is 0 Å². The highest BCUT2D eigenvalue weighted by Gasteiger charge is 2.33. The van der Waals surface area contributed by atoms with Gasteiger partial charge in [-0.25, -0.2) is 0 Å². The average Bonchev–Trinajstić information content (AvgIpc) is 2.65. The largest absolute Gasteiger partial charge is 0.383 e. The smallest absolute Gasteiger partial charge is 0.244 e. The first kappa shape index (κ1) is 17.8. The van der Waals surface area contributed by atoms with Crippen LogP contribution < -0.4 is 10.2 Å². The van der Waals surface area contributed by atoms with Crippen LogP contribution in [0.1, 0.15) is 6.92 Å². The SMILES string of the molecule is COCCN1CCN([C@@H](C)C(=O)N2CC(=O)Nc3ccccc32)CC1. The maximum absolute atomic E-state index is 13.0. The number of anilines is 2. The molecule has 0 radical (unpaired) electrons. The van der Waals surface area contributed by atoms with Crippen LogP contribution in [0.2, 0.25) is 0 Å². The Morgan fingerprint density at radius 1 is 1.24 bits per heavy atom. The Morgan fingerprint density at radius 3 is 2.68 bits per heavy atom. The molecule has 25 heavy (non-hydrogen) atoms. The fraction of sp³-hybridized carbons (Fsp3) is 0.556. The van der Waals surface area contributed by atoms with E-state index in [0.717, 1.165) is 45.0 Å². The summed E-state index contributed by atoms with van der Waals surface area (Å²) in [6, 6.07) is 7.20. The lowest BCUT2D eigenvalue weighted by molar-refractivity contribution is -0.126. The number of rotatable bonds is 5. The minimum atomic E-state index is -0.247. The first-order valence-electron chi connectivity index (χ1n) is 8.75. The molecule has 7 heteroatoms. The van der Waals surface area contributed by atoms with Gasteiger partial charge >= 0.3 is 0 Å². The van der Waals surface area contributed by atoms with Crippen LogP contribution in [0.3, 0.4) is 0 Å². The highest BCUT2D eigenvalue weighted by molar-refractivity contribution is 6.11. The molecule has 1 N–H and O–H groups in total. The van der Waals surface area contributed by atoms with Gasteiger partial charge in [0.15, 0.2) is 0 Å². The molecule has 0 spiro atoms. The number of nitrogens with one attached hydrogen (secondary N) is 1. The predicted molar refractivity (Wildman–Crippen MR) is 96.8 cm³/mol. The van der Waals surface area contributed by atoms with Crippen LogP contribution in [-0.2, 0) is 14.3 Å². The van der Waals surface area contributed by atoms with Gasteiger partial charge in [0.2, 0.25) is 11.8 Å². The first-order valence-corrected chi connectivity index (χ1v) is 8.75. The lowest BCUT2D eigenvalue weighted by Crippen LogP contribution is -2.56.